The Hall–Kier alpha value is -1.35. The Bertz CT molecular complexity index is 310. The Balaban J connectivity index is 2.52. The van der Waals surface area contributed by atoms with Gasteiger partial charge < -0.3 is 0 Å². The number of rotatable bonds is 4. The fraction of sp³-hybridized carbons (Fsp3) is 0.364. The molecule has 0 aliphatic heterocycles. The van der Waals surface area contributed by atoms with Crippen molar-refractivity contribution >= 4 is 5.91 Å². The molecule has 0 heterocycles. The smallest absolute Gasteiger partial charge is 0.247 e. The Morgan fingerprint density at radius 3 is 2.79 bits per heavy atom. The van der Waals surface area contributed by atoms with Gasteiger partial charge in [-0.15, -0.1) is 0 Å². The lowest BCUT2D eigenvalue weighted by Gasteiger charge is -2.05. The van der Waals surface area contributed by atoms with Gasteiger partial charge in [-0.25, -0.2) is 5.48 Å². The van der Waals surface area contributed by atoms with Crippen LogP contribution in [0.5, 0.6) is 0 Å². The zero-order valence-corrected chi connectivity index (χ0v) is 8.54. The molecule has 0 aliphatic carbocycles. The van der Waals surface area contributed by atoms with Crippen LogP contribution >= 0.6 is 0 Å². The Morgan fingerprint density at radius 1 is 1.43 bits per heavy atom. The maximum atomic E-state index is 11.3. The number of amides is 1. The zero-order valence-electron chi connectivity index (χ0n) is 8.54. The van der Waals surface area contributed by atoms with Crippen molar-refractivity contribution < 1.29 is 9.63 Å². The van der Waals surface area contributed by atoms with E-state index in [4.69, 9.17) is 4.84 Å². The van der Waals surface area contributed by atoms with Crippen LogP contribution in [0.2, 0.25) is 0 Å². The molecule has 0 bridgehead atoms. The molecule has 14 heavy (non-hydrogen) atoms. The molecular formula is C11H15NO2. The van der Waals surface area contributed by atoms with Gasteiger partial charge in [0.1, 0.15) is 0 Å². The number of aryl methyl sites for hydroxylation is 1. The van der Waals surface area contributed by atoms with Gasteiger partial charge in [-0.05, 0) is 25.0 Å². The van der Waals surface area contributed by atoms with E-state index in [-0.39, 0.29) is 5.91 Å². The van der Waals surface area contributed by atoms with Gasteiger partial charge in [0, 0.05) is 0 Å². The van der Waals surface area contributed by atoms with Gasteiger partial charge in [-0.3, -0.25) is 9.63 Å². The summed E-state index contributed by atoms with van der Waals surface area (Å²) >= 11 is 0. The number of carbonyl (C=O) groups is 1. The molecule has 0 radical (unpaired) electrons. The van der Waals surface area contributed by atoms with Gasteiger partial charge in [0.25, 0.3) is 0 Å². The molecule has 0 unspecified atom stereocenters. The van der Waals surface area contributed by atoms with Crippen molar-refractivity contribution in [3.05, 3.63) is 35.4 Å². The number of benzene rings is 1. The van der Waals surface area contributed by atoms with Crippen LogP contribution in [0.4, 0.5) is 0 Å². The van der Waals surface area contributed by atoms with E-state index in [1.54, 1.807) is 0 Å². The van der Waals surface area contributed by atoms with Crippen molar-refractivity contribution in [2.24, 2.45) is 0 Å². The largest absolute Gasteiger partial charge is 0.274 e. The Morgan fingerprint density at radius 2 is 2.14 bits per heavy atom. The summed E-state index contributed by atoms with van der Waals surface area (Å²) in [6.45, 7) is 4.30. The number of hydrogen-bond donors (Lipinski definition) is 1. The average molecular weight is 193 g/mol. The van der Waals surface area contributed by atoms with E-state index in [1.165, 1.54) is 0 Å². The van der Waals surface area contributed by atoms with E-state index in [0.717, 1.165) is 11.1 Å². The van der Waals surface area contributed by atoms with Crippen LogP contribution in [-0.4, -0.2) is 12.5 Å². The molecule has 0 saturated carbocycles. The second kappa shape index (κ2) is 5.40. The van der Waals surface area contributed by atoms with Crippen molar-refractivity contribution in [2.45, 2.75) is 20.3 Å². The van der Waals surface area contributed by atoms with Crippen LogP contribution in [0.15, 0.2) is 24.3 Å². The summed E-state index contributed by atoms with van der Waals surface area (Å²) in [7, 11) is 0. The van der Waals surface area contributed by atoms with Gasteiger partial charge in [-0.2, -0.15) is 0 Å². The summed E-state index contributed by atoms with van der Waals surface area (Å²) in [5.41, 5.74) is 4.53. The van der Waals surface area contributed by atoms with Crippen molar-refractivity contribution in [1.82, 2.24) is 5.48 Å². The Kier molecular flexibility index (Phi) is 4.13. The number of hydrogen-bond acceptors (Lipinski definition) is 2. The van der Waals surface area contributed by atoms with Gasteiger partial charge >= 0.3 is 0 Å². The molecule has 0 aliphatic rings. The van der Waals surface area contributed by atoms with E-state index in [0.29, 0.717) is 13.0 Å². The molecule has 1 N–H and O–H groups in total. The van der Waals surface area contributed by atoms with Gasteiger partial charge in [-0.1, -0.05) is 24.3 Å². The topological polar surface area (TPSA) is 38.3 Å². The first-order valence-corrected chi connectivity index (χ1v) is 4.69. The van der Waals surface area contributed by atoms with Gasteiger partial charge in [0.2, 0.25) is 5.91 Å². The first-order valence-electron chi connectivity index (χ1n) is 4.69. The van der Waals surface area contributed by atoms with Crippen LogP contribution in [0, 0.1) is 6.92 Å². The van der Waals surface area contributed by atoms with Crippen molar-refractivity contribution in [3.8, 4) is 0 Å². The molecule has 0 aromatic heterocycles. The van der Waals surface area contributed by atoms with Gasteiger partial charge in [0.05, 0.1) is 13.0 Å². The van der Waals surface area contributed by atoms with Crippen LogP contribution in [-0.2, 0) is 16.1 Å². The highest BCUT2D eigenvalue weighted by atomic mass is 16.6. The summed E-state index contributed by atoms with van der Waals surface area (Å²) in [6.07, 6.45) is 0.368. The van der Waals surface area contributed by atoms with Crippen molar-refractivity contribution in [1.29, 1.82) is 0 Å². The molecule has 1 aromatic rings. The zero-order chi connectivity index (χ0) is 10.4. The summed E-state index contributed by atoms with van der Waals surface area (Å²) < 4.78 is 0. The second-order valence-corrected chi connectivity index (χ2v) is 3.06. The fourth-order valence-corrected chi connectivity index (χ4v) is 1.17. The number of hydroxylamine groups is 1. The maximum absolute atomic E-state index is 11.3. The summed E-state index contributed by atoms with van der Waals surface area (Å²) in [6, 6.07) is 7.82. The minimum atomic E-state index is -0.110. The molecular weight excluding hydrogens is 178 g/mol. The van der Waals surface area contributed by atoms with E-state index in [1.807, 2.05) is 38.1 Å². The van der Waals surface area contributed by atoms with E-state index >= 15 is 0 Å². The minimum absolute atomic E-state index is 0.110. The fourth-order valence-electron chi connectivity index (χ4n) is 1.17. The number of carbonyl (C=O) groups excluding carboxylic acids is 1. The molecule has 1 amide bonds. The molecule has 76 valence electrons. The first-order chi connectivity index (χ1) is 6.74. The second-order valence-electron chi connectivity index (χ2n) is 3.06. The first kappa shape index (κ1) is 10.7. The highest BCUT2D eigenvalue weighted by Crippen LogP contribution is 2.07. The lowest BCUT2D eigenvalue weighted by molar-refractivity contribution is -0.132. The van der Waals surface area contributed by atoms with E-state index < -0.39 is 0 Å². The minimum Gasteiger partial charge on any atom is -0.274 e. The third-order valence-electron chi connectivity index (χ3n) is 1.94. The normalized spacial score (nSPS) is 9.86. The van der Waals surface area contributed by atoms with Gasteiger partial charge in [0.15, 0.2) is 0 Å². The van der Waals surface area contributed by atoms with Crippen molar-refractivity contribution in [3.63, 3.8) is 0 Å². The van der Waals surface area contributed by atoms with Crippen LogP contribution in [0.1, 0.15) is 18.1 Å². The highest BCUT2D eigenvalue weighted by Gasteiger charge is 2.04. The maximum Gasteiger partial charge on any atom is 0.247 e. The monoisotopic (exact) mass is 193 g/mol. The summed E-state index contributed by atoms with van der Waals surface area (Å²) in [5, 5.41) is 0. The average Bonchev–Trinajstić information content (AvgIpc) is 2.18. The molecule has 0 saturated heterocycles. The quantitative estimate of drug-likeness (QED) is 0.738. The highest BCUT2D eigenvalue weighted by molar-refractivity contribution is 5.77. The molecule has 0 fully saturated rings. The lowest BCUT2D eigenvalue weighted by atomic mass is 10.1. The number of nitrogens with one attached hydrogen (secondary N) is 1. The SMILES string of the molecule is CCONC(=O)Cc1ccccc1C. The van der Waals surface area contributed by atoms with Crippen molar-refractivity contribution in [2.75, 3.05) is 6.61 Å². The molecule has 3 heteroatoms. The standard InChI is InChI=1S/C11H15NO2/c1-3-14-12-11(13)8-10-7-5-4-6-9(10)2/h4-7H,3,8H2,1-2H3,(H,12,13). The molecule has 0 atom stereocenters. The van der Waals surface area contributed by atoms with E-state index in [9.17, 15) is 4.79 Å². The third-order valence-corrected chi connectivity index (χ3v) is 1.94. The summed E-state index contributed by atoms with van der Waals surface area (Å²) in [4.78, 5) is 16.1. The predicted molar refractivity (Wildman–Crippen MR) is 54.7 cm³/mol. The van der Waals surface area contributed by atoms with Crippen LogP contribution < -0.4 is 5.48 Å². The molecule has 3 nitrogen and oxygen atoms in total. The van der Waals surface area contributed by atoms with E-state index in [2.05, 4.69) is 5.48 Å². The lowest BCUT2D eigenvalue weighted by Crippen LogP contribution is -2.25. The van der Waals surface area contributed by atoms with Crippen LogP contribution in [0.3, 0.4) is 0 Å². The summed E-state index contributed by atoms with van der Waals surface area (Å²) in [5.74, 6) is -0.110. The van der Waals surface area contributed by atoms with Crippen LogP contribution in [0.25, 0.3) is 0 Å². The molecule has 0 spiro atoms. The predicted octanol–water partition coefficient (Wildman–Crippen LogP) is 1.61. The third kappa shape index (κ3) is 3.18. The molecule has 1 aromatic carbocycles. The Labute approximate surface area is 84.0 Å². The molecule has 1 rings (SSSR count).